The predicted octanol–water partition coefficient (Wildman–Crippen LogP) is 3.25. The zero-order chi connectivity index (χ0) is 16.6. The van der Waals surface area contributed by atoms with Gasteiger partial charge in [0.1, 0.15) is 10.8 Å². The number of hydrogen-bond acceptors (Lipinski definition) is 4. The number of thiophene rings is 1. The van der Waals surface area contributed by atoms with Crippen LogP contribution in [0.5, 0.6) is 5.75 Å². The number of halogens is 1. The molecule has 0 unspecified atom stereocenters. The van der Waals surface area contributed by atoms with Gasteiger partial charge in [-0.3, -0.25) is 9.59 Å². The molecule has 0 aliphatic heterocycles. The fourth-order valence-electron chi connectivity index (χ4n) is 2.74. The van der Waals surface area contributed by atoms with Gasteiger partial charge in [0.25, 0.3) is 11.8 Å². The first-order valence-corrected chi connectivity index (χ1v) is 8.30. The maximum Gasteiger partial charge on any atom is 0.256 e. The molecule has 0 bridgehead atoms. The van der Waals surface area contributed by atoms with Crippen LogP contribution in [0.25, 0.3) is 0 Å². The molecule has 1 aliphatic rings. The summed E-state index contributed by atoms with van der Waals surface area (Å²) in [7, 11) is 1.51. The summed E-state index contributed by atoms with van der Waals surface area (Å²) in [4.78, 5) is 25.3. The van der Waals surface area contributed by atoms with Gasteiger partial charge in [0.05, 0.1) is 17.7 Å². The van der Waals surface area contributed by atoms with Gasteiger partial charge in [-0.25, -0.2) is 0 Å². The zero-order valence-corrected chi connectivity index (χ0v) is 14.0. The molecule has 0 fully saturated rings. The minimum atomic E-state index is -0.507. The molecular weight excluding hydrogens is 336 g/mol. The molecule has 0 saturated carbocycles. The molecule has 0 atom stereocenters. The standard InChI is InChI=1S/C16H15ClN2O3S/c1-22-11-6-5-8(7-10(11)17)15(21)19-16-13(14(18)20)9-3-2-4-12(9)23-16/h5-7H,2-4H2,1H3,(H2,18,20)(H,19,21). The average Bonchev–Trinajstić information content (AvgIpc) is 3.06. The number of benzene rings is 1. The Labute approximate surface area is 142 Å². The van der Waals surface area contributed by atoms with Crippen LogP contribution in [0.4, 0.5) is 5.00 Å². The third-order valence-electron chi connectivity index (χ3n) is 3.81. The highest BCUT2D eigenvalue weighted by atomic mass is 35.5. The Bertz CT molecular complexity index is 801. The Morgan fingerprint density at radius 3 is 2.78 bits per heavy atom. The number of hydrogen-bond donors (Lipinski definition) is 2. The smallest absolute Gasteiger partial charge is 0.256 e. The van der Waals surface area contributed by atoms with E-state index in [9.17, 15) is 9.59 Å². The van der Waals surface area contributed by atoms with Crippen LogP contribution < -0.4 is 15.8 Å². The molecule has 1 aromatic carbocycles. The molecule has 7 heteroatoms. The molecule has 0 spiro atoms. The second kappa shape index (κ2) is 6.22. The summed E-state index contributed by atoms with van der Waals surface area (Å²) >= 11 is 7.46. The van der Waals surface area contributed by atoms with E-state index in [0.717, 1.165) is 29.7 Å². The van der Waals surface area contributed by atoms with Gasteiger partial charge >= 0.3 is 0 Å². The van der Waals surface area contributed by atoms with Crippen molar-refractivity contribution in [3.63, 3.8) is 0 Å². The highest BCUT2D eigenvalue weighted by molar-refractivity contribution is 7.17. The predicted molar refractivity (Wildman–Crippen MR) is 90.8 cm³/mol. The first kappa shape index (κ1) is 15.8. The van der Waals surface area contributed by atoms with Crippen molar-refractivity contribution in [2.45, 2.75) is 19.3 Å². The van der Waals surface area contributed by atoms with Gasteiger partial charge in [0, 0.05) is 10.4 Å². The molecule has 3 rings (SSSR count). The van der Waals surface area contributed by atoms with E-state index in [0.29, 0.717) is 26.9 Å². The Kier molecular flexibility index (Phi) is 4.28. The number of anilines is 1. The summed E-state index contributed by atoms with van der Waals surface area (Å²) in [5.41, 5.74) is 7.29. The summed E-state index contributed by atoms with van der Waals surface area (Å²) in [5, 5.41) is 3.65. The SMILES string of the molecule is COc1ccc(C(=O)Nc2sc3c(c2C(N)=O)CCC3)cc1Cl. The van der Waals surface area contributed by atoms with Crippen molar-refractivity contribution in [1.29, 1.82) is 0 Å². The summed E-state index contributed by atoms with van der Waals surface area (Å²) in [6.45, 7) is 0. The van der Waals surface area contributed by atoms with Gasteiger partial charge in [-0.2, -0.15) is 0 Å². The molecule has 1 aromatic heterocycles. The average molecular weight is 351 g/mol. The lowest BCUT2D eigenvalue weighted by molar-refractivity contribution is 0.100. The summed E-state index contributed by atoms with van der Waals surface area (Å²) in [6.07, 6.45) is 2.77. The van der Waals surface area contributed by atoms with E-state index < -0.39 is 5.91 Å². The van der Waals surface area contributed by atoms with Gasteiger partial charge in [0.15, 0.2) is 0 Å². The maximum absolute atomic E-state index is 12.4. The van der Waals surface area contributed by atoms with E-state index in [1.165, 1.54) is 24.5 Å². The second-order valence-corrected chi connectivity index (χ2v) is 6.74. The van der Waals surface area contributed by atoms with Crippen LogP contribution >= 0.6 is 22.9 Å². The molecule has 120 valence electrons. The van der Waals surface area contributed by atoms with Crippen LogP contribution in [0, 0.1) is 0 Å². The van der Waals surface area contributed by atoms with Crippen molar-refractivity contribution in [3.05, 3.63) is 44.8 Å². The largest absolute Gasteiger partial charge is 0.495 e. The van der Waals surface area contributed by atoms with Crippen LogP contribution in [0.3, 0.4) is 0 Å². The summed E-state index contributed by atoms with van der Waals surface area (Å²) in [6, 6.07) is 4.77. The number of carbonyl (C=O) groups excluding carboxylic acids is 2. The van der Waals surface area contributed by atoms with E-state index in [1.54, 1.807) is 12.1 Å². The van der Waals surface area contributed by atoms with E-state index in [4.69, 9.17) is 22.1 Å². The normalized spacial score (nSPS) is 12.8. The van der Waals surface area contributed by atoms with Crippen LogP contribution in [-0.2, 0) is 12.8 Å². The van der Waals surface area contributed by atoms with Gasteiger partial charge in [0.2, 0.25) is 0 Å². The van der Waals surface area contributed by atoms with E-state index in [1.807, 2.05) is 0 Å². The first-order chi connectivity index (χ1) is 11.0. The summed E-state index contributed by atoms with van der Waals surface area (Å²) in [5.74, 6) is -0.347. The Morgan fingerprint density at radius 1 is 1.35 bits per heavy atom. The number of ether oxygens (including phenoxy) is 1. The molecule has 2 aromatic rings. The van der Waals surface area contributed by atoms with Gasteiger partial charge in [-0.05, 0) is 43.0 Å². The fourth-order valence-corrected chi connectivity index (χ4v) is 4.28. The van der Waals surface area contributed by atoms with Crippen molar-refractivity contribution in [3.8, 4) is 5.75 Å². The van der Waals surface area contributed by atoms with Crippen LogP contribution in [0.15, 0.2) is 18.2 Å². The van der Waals surface area contributed by atoms with Crippen molar-refractivity contribution < 1.29 is 14.3 Å². The minimum absolute atomic E-state index is 0.336. The molecule has 0 saturated heterocycles. The number of carbonyl (C=O) groups is 2. The number of nitrogens with one attached hydrogen (secondary N) is 1. The lowest BCUT2D eigenvalue weighted by Gasteiger charge is -2.08. The van der Waals surface area contributed by atoms with Crippen LogP contribution in [0.1, 0.15) is 37.6 Å². The number of amides is 2. The Hall–Kier alpha value is -2.05. The van der Waals surface area contributed by atoms with Crippen molar-refractivity contribution in [2.24, 2.45) is 5.73 Å². The third kappa shape index (κ3) is 2.92. The number of rotatable bonds is 4. The number of methoxy groups -OCH3 is 1. The lowest BCUT2D eigenvalue weighted by atomic mass is 10.1. The van der Waals surface area contributed by atoms with Gasteiger partial charge < -0.3 is 15.8 Å². The molecule has 1 heterocycles. The zero-order valence-electron chi connectivity index (χ0n) is 12.4. The quantitative estimate of drug-likeness (QED) is 0.888. The fraction of sp³-hybridized carbons (Fsp3) is 0.250. The molecule has 2 amide bonds. The second-order valence-electron chi connectivity index (χ2n) is 5.23. The van der Waals surface area contributed by atoms with E-state index >= 15 is 0 Å². The minimum Gasteiger partial charge on any atom is -0.495 e. The Morgan fingerprint density at radius 2 is 2.13 bits per heavy atom. The number of nitrogens with two attached hydrogens (primary N) is 1. The van der Waals surface area contributed by atoms with E-state index in [2.05, 4.69) is 5.32 Å². The van der Waals surface area contributed by atoms with E-state index in [-0.39, 0.29) is 5.91 Å². The maximum atomic E-state index is 12.4. The third-order valence-corrected chi connectivity index (χ3v) is 5.31. The topological polar surface area (TPSA) is 81.4 Å². The number of primary amides is 1. The first-order valence-electron chi connectivity index (χ1n) is 7.10. The molecule has 3 N–H and O–H groups in total. The highest BCUT2D eigenvalue weighted by Gasteiger charge is 2.26. The molecule has 0 radical (unpaired) electrons. The number of fused-ring (bicyclic) bond motifs is 1. The molecular formula is C16H15ClN2O3S. The monoisotopic (exact) mass is 350 g/mol. The number of aryl methyl sites for hydroxylation is 1. The van der Waals surface area contributed by atoms with Gasteiger partial charge in [-0.15, -0.1) is 11.3 Å². The summed E-state index contributed by atoms with van der Waals surface area (Å²) < 4.78 is 5.07. The molecule has 1 aliphatic carbocycles. The highest BCUT2D eigenvalue weighted by Crippen LogP contribution is 2.39. The van der Waals surface area contributed by atoms with Crippen molar-refractivity contribution in [1.82, 2.24) is 0 Å². The molecule has 23 heavy (non-hydrogen) atoms. The van der Waals surface area contributed by atoms with Crippen molar-refractivity contribution >= 4 is 39.8 Å². The lowest BCUT2D eigenvalue weighted by Crippen LogP contribution is -2.17. The molecule has 5 nitrogen and oxygen atoms in total. The van der Waals surface area contributed by atoms with Gasteiger partial charge in [-0.1, -0.05) is 11.6 Å². The Balaban J connectivity index is 1.89. The van der Waals surface area contributed by atoms with Crippen LogP contribution in [-0.4, -0.2) is 18.9 Å². The van der Waals surface area contributed by atoms with Crippen LogP contribution in [0.2, 0.25) is 5.02 Å². The van der Waals surface area contributed by atoms with Crippen molar-refractivity contribution in [2.75, 3.05) is 12.4 Å².